The van der Waals surface area contributed by atoms with Crippen LogP contribution in [-0.4, -0.2) is 0 Å². The summed E-state index contributed by atoms with van der Waals surface area (Å²) < 4.78 is 2.38. The first kappa shape index (κ1) is 19.2. The van der Waals surface area contributed by atoms with Gasteiger partial charge in [0.25, 0.3) is 0 Å². The highest BCUT2D eigenvalue weighted by Gasteiger charge is 2.22. The molecule has 146 valence electrons. The maximum absolute atomic E-state index is 2.50. The average molecular weight is 373 g/mol. The zero-order chi connectivity index (χ0) is 19.8. The Morgan fingerprint density at radius 3 is 2.36 bits per heavy atom. The van der Waals surface area contributed by atoms with Gasteiger partial charge >= 0.3 is 0 Å². The summed E-state index contributed by atoms with van der Waals surface area (Å²) in [6, 6.07) is 16.6. The predicted molar refractivity (Wildman–Crippen MR) is 120 cm³/mol. The molecule has 1 aromatic heterocycles. The van der Waals surface area contributed by atoms with Gasteiger partial charge in [-0.15, -0.1) is 0 Å². The molecule has 0 amide bonds. The van der Waals surface area contributed by atoms with E-state index in [0.717, 1.165) is 5.92 Å². The van der Waals surface area contributed by atoms with Crippen LogP contribution in [0.1, 0.15) is 80.2 Å². The van der Waals surface area contributed by atoms with Crippen molar-refractivity contribution in [3.05, 3.63) is 64.8 Å². The third-order valence-corrected chi connectivity index (χ3v) is 6.82. The van der Waals surface area contributed by atoms with Gasteiger partial charge in [-0.3, -0.25) is 0 Å². The highest BCUT2D eigenvalue weighted by atomic mass is 14.9. The lowest BCUT2D eigenvalue weighted by molar-refractivity contribution is -0.665. The van der Waals surface area contributed by atoms with E-state index in [1.807, 2.05) is 0 Å². The predicted octanol–water partition coefficient (Wildman–Crippen LogP) is 7.12. The summed E-state index contributed by atoms with van der Waals surface area (Å²) in [5, 5.41) is 2.72. The van der Waals surface area contributed by atoms with Crippen LogP contribution in [0.15, 0.2) is 42.5 Å². The van der Waals surface area contributed by atoms with Crippen molar-refractivity contribution in [2.45, 2.75) is 71.6 Å². The molecule has 1 aliphatic carbocycles. The lowest BCUT2D eigenvalue weighted by Crippen LogP contribution is -2.35. The summed E-state index contributed by atoms with van der Waals surface area (Å²) in [6.07, 6.45) is 6.87. The Hall–Kier alpha value is -2.15. The Morgan fingerprint density at radius 2 is 1.64 bits per heavy atom. The van der Waals surface area contributed by atoms with Crippen LogP contribution in [0, 0.1) is 13.8 Å². The van der Waals surface area contributed by atoms with Crippen LogP contribution in [0.2, 0.25) is 0 Å². The molecule has 0 atom stereocenters. The van der Waals surface area contributed by atoms with Gasteiger partial charge in [-0.25, -0.2) is 0 Å². The second kappa shape index (κ2) is 7.70. The molecule has 1 saturated carbocycles. The first-order valence-electron chi connectivity index (χ1n) is 11.0. The molecular weight excluding hydrogens is 338 g/mol. The van der Waals surface area contributed by atoms with Crippen LogP contribution >= 0.6 is 0 Å². The molecular formula is C27H34N+. The number of nitrogens with zero attached hydrogens (tertiary/aromatic N) is 1. The molecule has 2 aromatic carbocycles. The van der Waals surface area contributed by atoms with E-state index in [-0.39, 0.29) is 0 Å². The van der Waals surface area contributed by atoms with Crippen molar-refractivity contribution < 1.29 is 4.57 Å². The number of rotatable bonds is 3. The topological polar surface area (TPSA) is 3.88 Å². The van der Waals surface area contributed by atoms with Crippen LogP contribution in [0.3, 0.4) is 0 Å². The van der Waals surface area contributed by atoms with Crippen LogP contribution in [-0.2, 0) is 7.05 Å². The fraction of sp³-hybridized carbons (Fsp3) is 0.444. The summed E-state index contributed by atoms with van der Waals surface area (Å²) in [4.78, 5) is 0. The van der Waals surface area contributed by atoms with Crippen molar-refractivity contribution in [3.63, 3.8) is 0 Å². The van der Waals surface area contributed by atoms with Gasteiger partial charge in [-0.05, 0) is 65.8 Å². The summed E-state index contributed by atoms with van der Waals surface area (Å²) in [5.74, 6) is 1.29. The fourth-order valence-corrected chi connectivity index (χ4v) is 4.86. The summed E-state index contributed by atoms with van der Waals surface area (Å²) in [5.41, 5.74) is 8.39. The molecule has 0 unspecified atom stereocenters. The van der Waals surface area contributed by atoms with E-state index in [1.54, 1.807) is 0 Å². The van der Waals surface area contributed by atoms with Gasteiger partial charge in [0.05, 0.1) is 5.39 Å². The van der Waals surface area contributed by atoms with E-state index in [2.05, 4.69) is 81.8 Å². The number of hydrogen-bond acceptors (Lipinski definition) is 0. The van der Waals surface area contributed by atoms with Crippen LogP contribution in [0.25, 0.3) is 22.0 Å². The van der Waals surface area contributed by atoms with E-state index >= 15 is 0 Å². The van der Waals surface area contributed by atoms with Crippen molar-refractivity contribution in [1.29, 1.82) is 0 Å². The van der Waals surface area contributed by atoms with Crippen LogP contribution < -0.4 is 4.57 Å². The van der Waals surface area contributed by atoms with Gasteiger partial charge in [0.15, 0.2) is 5.69 Å². The van der Waals surface area contributed by atoms with Gasteiger partial charge in [-0.2, -0.15) is 4.57 Å². The molecule has 4 rings (SSSR count). The molecule has 0 N–H and O–H groups in total. The van der Waals surface area contributed by atoms with Crippen LogP contribution in [0.4, 0.5) is 0 Å². The van der Waals surface area contributed by atoms with Crippen molar-refractivity contribution in [2.75, 3.05) is 0 Å². The van der Waals surface area contributed by atoms with E-state index in [9.17, 15) is 0 Å². The Morgan fingerprint density at radius 1 is 0.893 bits per heavy atom. The molecule has 28 heavy (non-hydrogen) atoms. The quantitative estimate of drug-likeness (QED) is 0.431. The highest BCUT2D eigenvalue weighted by molar-refractivity contribution is 5.94. The summed E-state index contributed by atoms with van der Waals surface area (Å²) in [6.45, 7) is 9.04. The lowest BCUT2D eigenvalue weighted by Gasteiger charge is -2.23. The minimum Gasteiger partial charge on any atom is -0.198 e. The van der Waals surface area contributed by atoms with Crippen molar-refractivity contribution >= 4 is 10.8 Å². The first-order chi connectivity index (χ1) is 13.5. The van der Waals surface area contributed by atoms with Gasteiger partial charge in [0.2, 0.25) is 5.69 Å². The fourth-order valence-electron chi connectivity index (χ4n) is 4.86. The van der Waals surface area contributed by atoms with Gasteiger partial charge < -0.3 is 0 Å². The molecule has 1 heteroatoms. The minimum atomic E-state index is 0.554. The zero-order valence-corrected chi connectivity index (χ0v) is 18.2. The van der Waals surface area contributed by atoms with Crippen LogP contribution in [0.5, 0.6) is 0 Å². The Kier molecular flexibility index (Phi) is 5.27. The second-order valence-corrected chi connectivity index (χ2v) is 9.10. The molecule has 0 saturated heterocycles. The van der Waals surface area contributed by atoms with E-state index < -0.39 is 0 Å². The number of hydrogen-bond donors (Lipinski definition) is 0. The number of pyridine rings is 1. The lowest BCUT2D eigenvalue weighted by atomic mass is 9.82. The molecule has 1 aliphatic rings. The maximum atomic E-state index is 2.50. The average Bonchev–Trinajstić information content (AvgIpc) is 2.70. The first-order valence-corrected chi connectivity index (χ1v) is 11.0. The zero-order valence-electron chi connectivity index (χ0n) is 18.2. The van der Waals surface area contributed by atoms with Crippen molar-refractivity contribution in [1.82, 2.24) is 0 Å². The molecule has 0 spiro atoms. The van der Waals surface area contributed by atoms with E-state index in [1.165, 1.54) is 76.5 Å². The molecule has 0 radical (unpaired) electrons. The van der Waals surface area contributed by atoms with Crippen molar-refractivity contribution in [2.24, 2.45) is 7.05 Å². The Labute approximate surface area is 170 Å². The minimum absolute atomic E-state index is 0.554. The largest absolute Gasteiger partial charge is 0.220 e. The van der Waals surface area contributed by atoms with E-state index in [0.29, 0.717) is 5.92 Å². The maximum Gasteiger partial charge on any atom is 0.220 e. The Bertz CT molecular complexity index is 1010. The monoisotopic (exact) mass is 372 g/mol. The molecule has 3 aromatic rings. The highest BCUT2D eigenvalue weighted by Crippen LogP contribution is 2.37. The smallest absolute Gasteiger partial charge is 0.198 e. The van der Waals surface area contributed by atoms with Crippen molar-refractivity contribution in [3.8, 4) is 11.3 Å². The number of benzene rings is 2. The molecule has 0 bridgehead atoms. The van der Waals surface area contributed by atoms with E-state index in [4.69, 9.17) is 0 Å². The van der Waals surface area contributed by atoms with Gasteiger partial charge in [0, 0.05) is 18.6 Å². The second-order valence-electron chi connectivity index (χ2n) is 9.10. The summed E-state index contributed by atoms with van der Waals surface area (Å²) >= 11 is 0. The molecule has 1 heterocycles. The number of fused-ring (bicyclic) bond motifs is 1. The molecule has 1 fully saturated rings. The number of aromatic nitrogens is 1. The molecule has 0 aliphatic heterocycles. The third kappa shape index (κ3) is 3.48. The standard InChI is InChI=1S/C27H34N/c1-18(2)22-13-14-25-24(16-22)15-20(4)28(5)27(25)26-17-23(12-11-19(26)3)21-9-7-6-8-10-21/h11-18,21H,6-10H2,1-5H3/q+1. The SMILES string of the molecule is Cc1ccc(C2CCCCC2)cc1-c1c2ccc(C(C)C)cc2cc(C)[n+]1C. The summed E-state index contributed by atoms with van der Waals surface area (Å²) in [7, 11) is 2.22. The third-order valence-electron chi connectivity index (χ3n) is 6.82. The van der Waals surface area contributed by atoms with Gasteiger partial charge in [0.1, 0.15) is 7.05 Å². The Balaban J connectivity index is 1.91. The normalized spacial score (nSPS) is 15.5. The van der Waals surface area contributed by atoms with Gasteiger partial charge in [-0.1, -0.05) is 57.4 Å². The number of aryl methyl sites for hydroxylation is 2. The molecule has 1 nitrogen and oxygen atoms in total.